The molecule has 0 amide bonds. The second kappa shape index (κ2) is 35.8. The second-order valence-electron chi connectivity index (χ2n) is 13.3. The van der Waals surface area contributed by atoms with Gasteiger partial charge in [0.15, 0.2) is 6.29 Å². The maximum absolute atomic E-state index is 12.7. The number of aliphatic hydroxyl groups excluding tert-OH is 4. The van der Waals surface area contributed by atoms with E-state index in [1.165, 1.54) is 0 Å². The van der Waals surface area contributed by atoms with Gasteiger partial charge >= 0.3 is 5.97 Å². The van der Waals surface area contributed by atoms with Gasteiger partial charge in [-0.15, -0.1) is 0 Å². The van der Waals surface area contributed by atoms with Gasteiger partial charge in [-0.25, -0.2) is 0 Å². The monoisotopic (exact) mass is 757 g/mol. The first-order valence-electron chi connectivity index (χ1n) is 20.3. The summed E-state index contributed by atoms with van der Waals surface area (Å²) in [5.74, 6) is -0.364. The van der Waals surface area contributed by atoms with Crippen molar-refractivity contribution in [2.75, 3.05) is 26.4 Å². The highest BCUT2D eigenvalue weighted by atomic mass is 16.7. The summed E-state index contributed by atoms with van der Waals surface area (Å²) in [6, 6.07) is 0. The van der Waals surface area contributed by atoms with Gasteiger partial charge in [0.05, 0.1) is 19.8 Å². The van der Waals surface area contributed by atoms with Crippen LogP contribution in [0.3, 0.4) is 0 Å². The summed E-state index contributed by atoms with van der Waals surface area (Å²) in [4.78, 5) is 12.7. The summed E-state index contributed by atoms with van der Waals surface area (Å²) in [5, 5.41) is 40.0. The Hall–Kier alpha value is -2.89. The van der Waals surface area contributed by atoms with E-state index in [9.17, 15) is 25.2 Å². The Kier molecular flexibility index (Phi) is 32.6. The van der Waals surface area contributed by atoms with E-state index in [1.54, 1.807) is 0 Å². The van der Waals surface area contributed by atoms with Gasteiger partial charge < -0.3 is 39.4 Å². The van der Waals surface area contributed by atoms with E-state index < -0.39 is 43.4 Å². The summed E-state index contributed by atoms with van der Waals surface area (Å²) >= 11 is 0. The molecule has 9 nitrogen and oxygen atoms in total. The summed E-state index contributed by atoms with van der Waals surface area (Å²) < 4.78 is 22.6. The molecule has 1 saturated heterocycles. The number of hydrogen-bond donors (Lipinski definition) is 4. The van der Waals surface area contributed by atoms with Crippen molar-refractivity contribution < 1.29 is 44.2 Å². The van der Waals surface area contributed by atoms with E-state index in [2.05, 4.69) is 111 Å². The standard InChI is InChI=1S/C45H72O9/c1-3-5-7-9-11-13-15-17-18-19-20-21-23-25-27-29-31-33-35-51-37-39(38-52-45-44(50)43(49)42(48)40(36-46)54-45)53-41(47)34-32-30-28-26-24-22-16-14-12-10-8-6-4-2/h5-8,11-14,17-18,20-22,24-25,27,39-40,42-46,48-50H,3-4,9-10,15-16,19,23,26,28-38H2,1-2H3/b7-5-,8-6-,13-11-,14-12-,18-17-,21-20-,24-22-,27-25-. The number of carbonyl (C=O) groups excluding carboxylic acids is 1. The molecule has 0 aliphatic carbocycles. The van der Waals surface area contributed by atoms with Crippen LogP contribution < -0.4 is 0 Å². The lowest BCUT2D eigenvalue weighted by atomic mass is 9.99. The third-order valence-electron chi connectivity index (χ3n) is 8.50. The predicted octanol–water partition coefficient (Wildman–Crippen LogP) is 8.46. The third-order valence-corrected chi connectivity index (χ3v) is 8.50. The molecule has 1 fully saturated rings. The van der Waals surface area contributed by atoms with Crippen molar-refractivity contribution >= 4 is 5.97 Å². The number of carbonyl (C=O) groups is 1. The normalized spacial score (nSPS) is 21.9. The van der Waals surface area contributed by atoms with E-state index >= 15 is 0 Å². The van der Waals surface area contributed by atoms with E-state index in [0.29, 0.717) is 13.0 Å². The highest BCUT2D eigenvalue weighted by molar-refractivity contribution is 5.69. The number of allylic oxidation sites excluding steroid dienone is 16. The molecular formula is C45H72O9. The zero-order valence-corrected chi connectivity index (χ0v) is 33.2. The van der Waals surface area contributed by atoms with Crippen LogP contribution in [-0.2, 0) is 23.7 Å². The fraction of sp³-hybridized carbons (Fsp3) is 0.622. The van der Waals surface area contributed by atoms with Crippen LogP contribution in [0.2, 0.25) is 0 Å². The maximum Gasteiger partial charge on any atom is 0.306 e. The molecule has 306 valence electrons. The molecule has 6 unspecified atom stereocenters. The number of aliphatic hydroxyl groups is 4. The average Bonchev–Trinajstić information content (AvgIpc) is 3.17. The minimum absolute atomic E-state index is 0.0962. The molecule has 0 bridgehead atoms. The SMILES string of the molecule is CC/C=C\C/C=C\C/C=C\C/C=C\C/C=C\CCCCOCC(COC1OC(CO)C(O)C(O)C1O)OC(=O)CCCCC/C=C\C/C=C\C/C=C\CC. The predicted molar refractivity (Wildman–Crippen MR) is 219 cm³/mol. The molecule has 1 aliphatic heterocycles. The van der Waals surface area contributed by atoms with Gasteiger partial charge in [-0.2, -0.15) is 0 Å². The fourth-order valence-electron chi connectivity index (χ4n) is 5.35. The summed E-state index contributed by atoms with van der Waals surface area (Å²) in [7, 11) is 0. The van der Waals surface area contributed by atoms with Crippen LogP contribution in [0.25, 0.3) is 0 Å². The molecule has 0 saturated carbocycles. The molecule has 1 heterocycles. The Balaban J connectivity index is 2.38. The smallest absolute Gasteiger partial charge is 0.306 e. The Morgan fingerprint density at radius 1 is 0.593 bits per heavy atom. The maximum atomic E-state index is 12.7. The van der Waals surface area contributed by atoms with Crippen molar-refractivity contribution in [1.82, 2.24) is 0 Å². The highest BCUT2D eigenvalue weighted by Crippen LogP contribution is 2.22. The molecule has 1 aliphatic rings. The molecule has 54 heavy (non-hydrogen) atoms. The van der Waals surface area contributed by atoms with Gasteiger partial charge in [-0.3, -0.25) is 4.79 Å². The minimum Gasteiger partial charge on any atom is -0.457 e. The molecule has 0 radical (unpaired) electrons. The zero-order valence-electron chi connectivity index (χ0n) is 33.2. The molecule has 0 aromatic rings. The number of esters is 1. The lowest BCUT2D eigenvalue weighted by Gasteiger charge is -2.39. The molecule has 0 aromatic heterocycles. The first kappa shape index (κ1) is 49.1. The van der Waals surface area contributed by atoms with Crippen LogP contribution in [-0.4, -0.2) is 89.6 Å². The third kappa shape index (κ3) is 26.8. The second-order valence-corrected chi connectivity index (χ2v) is 13.3. The van der Waals surface area contributed by atoms with Crippen molar-refractivity contribution in [2.45, 2.75) is 153 Å². The van der Waals surface area contributed by atoms with Crippen LogP contribution in [0.1, 0.15) is 117 Å². The van der Waals surface area contributed by atoms with Crippen molar-refractivity contribution in [2.24, 2.45) is 0 Å². The Labute approximate surface area is 326 Å². The molecule has 1 rings (SSSR count). The Bertz CT molecular complexity index is 1130. The zero-order chi connectivity index (χ0) is 39.3. The molecule has 6 atom stereocenters. The summed E-state index contributed by atoms with van der Waals surface area (Å²) in [5.41, 5.74) is 0. The summed E-state index contributed by atoms with van der Waals surface area (Å²) in [6.45, 7) is 4.14. The quantitative estimate of drug-likeness (QED) is 0.0303. The van der Waals surface area contributed by atoms with Gasteiger partial charge in [0.1, 0.15) is 30.5 Å². The number of rotatable bonds is 32. The number of ether oxygens (including phenoxy) is 4. The lowest BCUT2D eigenvalue weighted by Crippen LogP contribution is -2.59. The van der Waals surface area contributed by atoms with Gasteiger partial charge in [-0.1, -0.05) is 117 Å². The first-order chi connectivity index (χ1) is 26.4. The Morgan fingerprint density at radius 3 is 1.57 bits per heavy atom. The summed E-state index contributed by atoms with van der Waals surface area (Å²) in [6.07, 6.45) is 41.5. The van der Waals surface area contributed by atoms with Gasteiger partial charge in [0.2, 0.25) is 0 Å². The first-order valence-corrected chi connectivity index (χ1v) is 20.3. The molecular weight excluding hydrogens is 684 g/mol. The van der Waals surface area contributed by atoms with E-state index in [0.717, 1.165) is 89.9 Å². The van der Waals surface area contributed by atoms with Crippen LogP contribution >= 0.6 is 0 Å². The lowest BCUT2D eigenvalue weighted by molar-refractivity contribution is -0.305. The van der Waals surface area contributed by atoms with Crippen LogP contribution in [0.4, 0.5) is 0 Å². The van der Waals surface area contributed by atoms with E-state index in [-0.39, 0.29) is 25.6 Å². The van der Waals surface area contributed by atoms with Crippen molar-refractivity contribution in [3.63, 3.8) is 0 Å². The van der Waals surface area contributed by atoms with Crippen molar-refractivity contribution in [3.05, 3.63) is 97.2 Å². The molecule has 0 spiro atoms. The van der Waals surface area contributed by atoms with E-state index in [1.807, 2.05) is 0 Å². The molecule has 0 aromatic carbocycles. The van der Waals surface area contributed by atoms with Crippen molar-refractivity contribution in [3.8, 4) is 0 Å². The number of unbranched alkanes of at least 4 members (excludes halogenated alkanes) is 5. The minimum atomic E-state index is -1.56. The van der Waals surface area contributed by atoms with E-state index in [4.69, 9.17) is 18.9 Å². The van der Waals surface area contributed by atoms with Crippen LogP contribution in [0.5, 0.6) is 0 Å². The number of hydrogen-bond acceptors (Lipinski definition) is 9. The van der Waals surface area contributed by atoms with Gasteiger partial charge in [0, 0.05) is 13.0 Å². The van der Waals surface area contributed by atoms with Crippen LogP contribution in [0, 0.1) is 0 Å². The van der Waals surface area contributed by atoms with Gasteiger partial charge in [-0.05, 0) is 89.9 Å². The van der Waals surface area contributed by atoms with Crippen molar-refractivity contribution in [1.29, 1.82) is 0 Å². The van der Waals surface area contributed by atoms with Crippen LogP contribution in [0.15, 0.2) is 97.2 Å². The fourth-order valence-corrected chi connectivity index (χ4v) is 5.35. The molecule has 4 N–H and O–H groups in total. The Morgan fingerprint density at radius 2 is 1.07 bits per heavy atom. The largest absolute Gasteiger partial charge is 0.457 e. The van der Waals surface area contributed by atoms with Gasteiger partial charge in [0.25, 0.3) is 0 Å². The highest BCUT2D eigenvalue weighted by Gasteiger charge is 2.44. The average molecular weight is 757 g/mol. The topological polar surface area (TPSA) is 135 Å². The molecule has 9 heteroatoms.